The first-order chi connectivity index (χ1) is 13.8. The number of allylic oxidation sites excluding steroid dienone is 2. The summed E-state index contributed by atoms with van der Waals surface area (Å²) in [5.74, 6) is 1.66. The third-order valence-corrected chi connectivity index (χ3v) is 7.40. The van der Waals surface area contributed by atoms with E-state index in [1.165, 1.54) is 0 Å². The molecular formula is C24H38O5. The molecule has 0 aromatic carbocycles. The molecule has 1 N–H and O–H groups in total. The molecular weight excluding hydrogens is 368 g/mol. The van der Waals surface area contributed by atoms with Gasteiger partial charge >= 0.3 is 11.9 Å². The zero-order valence-electron chi connectivity index (χ0n) is 18.4. The molecule has 2 fully saturated rings. The van der Waals surface area contributed by atoms with Gasteiger partial charge in [0.1, 0.15) is 12.2 Å². The molecule has 9 atom stereocenters. The fourth-order valence-electron chi connectivity index (χ4n) is 5.59. The molecule has 1 aliphatic heterocycles. The van der Waals surface area contributed by atoms with E-state index < -0.39 is 6.10 Å². The van der Waals surface area contributed by atoms with Gasteiger partial charge in [-0.2, -0.15) is 0 Å². The van der Waals surface area contributed by atoms with E-state index in [1.807, 2.05) is 13.8 Å². The predicted octanol–water partition coefficient (Wildman–Crippen LogP) is 4.28. The third-order valence-electron chi connectivity index (χ3n) is 7.40. The van der Waals surface area contributed by atoms with Crippen molar-refractivity contribution in [3.8, 4) is 0 Å². The molecule has 0 radical (unpaired) electrons. The van der Waals surface area contributed by atoms with Crippen LogP contribution in [0.4, 0.5) is 0 Å². The van der Waals surface area contributed by atoms with Crippen molar-refractivity contribution < 1.29 is 24.2 Å². The molecule has 1 saturated carbocycles. The Labute approximate surface area is 175 Å². The average Bonchev–Trinajstić information content (AvgIpc) is 2.65. The molecule has 1 unspecified atom stereocenters. The number of carbonyl (C=O) groups is 2. The van der Waals surface area contributed by atoms with Gasteiger partial charge in [-0.15, -0.1) is 0 Å². The maximum absolute atomic E-state index is 12.6. The number of ether oxygens (including phenoxy) is 2. The zero-order chi connectivity index (χ0) is 21.1. The first kappa shape index (κ1) is 22.3. The van der Waals surface area contributed by atoms with Gasteiger partial charge in [0.2, 0.25) is 0 Å². The van der Waals surface area contributed by atoms with Gasteiger partial charge < -0.3 is 14.6 Å². The fraction of sp³-hybridized carbons (Fsp3) is 0.833. The minimum Gasteiger partial charge on any atom is -0.462 e. The maximum Gasteiger partial charge on any atom is 0.308 e. The van der Waals surface area contributed by atoms with Gasteiger partial charge in [0.05, 0.1) is 18.4 Å². The van der Waals surface area contributed by atoms with Crippen molar-refractivity contribution in [3.63, 3.8) is 0 Å². The van der Waals surface area contributed by atoms with Gasteiger partial charge in [0.15, 0.2) is 0 Å². The predicted molar refractivity (Wildman–Crippen MR) is 111 cm³/mol. The summed E-state index contributed by atoms with van der Waals surface area (Å²) in [6, 6.07) is 0. The molecule has 3 rings (SSSR count). The molecule has 3 aliphatic rings. The van der Waals surface area contributed by atoms with Gasteiger partial charge in [-0.25, -0.2) is 0 Å². The van der Waals surface area contributed by atoms with Gasteiger partial charge in [-0.05, 0) is 55.8 Å². The SMILES string of the molecule is CC[C@H](C)C(=O)O[C@H]1C[C@@H](C)CC2C=C[C@H](C)[C@H](CC[C@@H]3C[C@@H](O)CC(=O)O3)[C@@H]21. The molecule has 1 heterocycles. The van der Waals surface area contributed by atoms with Crippen molar-refractivity contribution in [1.82, 2.24) is 0 Å². The number of hydrogen-bond donors (Lipinski definition) is 1. The second-order valence-corrected chi connectivity index (χ2v) is 9.79. The molecule has 164 valence electrons. The van der Waals surface area contributed by atoms with Gasteiger partial charge in [0, 0.05) is 12.3 Å². The molecule has 5 nitrogen and oxygen atoms in total. The summed E-state index contributed by atoms with van der Waals surface area (Å²) in [6.07, 6.45) is 9.01. The van der Waals surface area contributed by atoms with E-state index >= 15 is 0 Å². The number of cyclic esters (lactones) is 1. The highest BCUT2D eigenvalue weighted by Crippen LogP contribution is 2.48. The zero-order valence-corrected chi connectivity index (χ0v) is 18.4. The summed E-state index contributed by atoms with van der Waals surface area (Å²) >= 11 is 0. The normalized spacial score (nSPS) is 40.7. The molecule has 2 aliphatic carbocycles. The number of hydrogen-bond acceptors (Lipinski definition) is 5. The van der Waals surface area contributed by atoms with E-state index in [2.05, 4.69) is 26.0 Å². The van der Waals surface area contributed by atoms with Crippen molar-refractivity contribution in [2.24, 2.45) is 35.5 Å². The van der Waals surface area contributed by atoms with Crippen LogP contribution in [0.25, 0.3) is 0 Å². The van der Waals surface area contributed by atoms with E-state index in [0.717, 1.165) is 32.1 Å². The highest BCUT2D eigenvalue weighted by Gasteiger charge is 2.45. The highest BCUT2D eigenvalue weighted by molar-refractivity contribution is 5.72. The van der Waals surface area contributed by atoms with Crippen LogP contribution >= 0.6 is 0 Å². The quantitative estimate of drug-likeness (QED) is 0.527. The Balaban J connectivity index is 1.71. The lowest BCUT2D eigenvalue weighted by molar-refractivity contribution is -0.166. The minimum absolute atomic E-state index is 0.0397. The summed E-state index contributed by atoms with van der Waals surface area (Å²) in [5.41, 5.74) is 0. The monoisotopic (exact) mass is 406 g/mol. The van der Waals surface area contributed by atoms with E-state index in [4.69, 9.17) is 9.47 Å². The second kappa shape index (κ2) is 9.63. The summed E-state index contributed by atoms with van der Waals surface area (Å²) in [7, 11) is 0. The summed E-state index contributed by atoms with van der Waals surface area (Å²) in [6.45, 7) is 8.46. The Morgan fingerprint density at radius 1 is 1.24 bits per heavy atom. The number of esters is 2. The van der Waals surface area contributed by atoms with Crippen molar-refractivity contribution >= 4 is 11.9 Å². The van der Waals surface area contributed by atoms with Crippen molar-refractivity contribution in [3.05, 3.63) is 12.2 Å². The Bertz CT molecular complexity index is 614. The largest absolute Gasteiger partial charge is 0.462 e. The number of fused-ring (bicyclic) bond motifs is 1. The molecule has 0 aromatic rings. The van der Waals surface area contributed by atoms with Crippen molar-refractivity contribution in [2.45, 2.75) is 91.0 Å². The van der Waals surface area contributed by atoms with Crippen LogP contribution in [0.15, 0.2) is 12.2 Å². The van der Waals surface area contributed by atoms with Crippen LogP contribution < -0.4 is 0 Å². The first-order valence-corrected chi connectivity index (χ1v) is 11.5. The molecule has 0 aromatic heterocycles. The van der Waals surface area contributed by atoms with Gasteiger partial charge in [-0.3, -0.25) is 9.59 Å². The van der Waals surface area contributed by atoms with E-state index in [9.17, 15) is 14.7 Å². The Kier molecular flexibility index (Phi) is 7.42. The number of aliphatic hydroxyl groups is 1. The molecule has 1 saturated heterocycles. The Hall–Kier alpha value is -1.36. The molecule has 0 spiro atoms. The van der Waals surface area contributed by atoms with E-state index in [1.54, 1.807) is 0 Å². The third kappa shape index (κ3) is 5.42. The van der Waals surface area contributed by atoms with Gasteiger partial charge in [-0.1, -0.05) is 39.8 Å². The topological polar surface area (TPSA) is 72.8 Å². The lowest BCUT2D eigenvalue weighted by atomic mass is 9.60. The van der Waals surface area contributed by atoms with Crippen molar-refractivity contribution in [1.29, 1.82) is 0 Å². The molecule has 0 bridgehead atoms. The lowest BCUT2D eigenvalue weighted by Crippen LogP contribution is -2.46. The maximum atomic E-state index is 12.6. The second-order valence-electron chi connectivity index (χ2n) is 9.79. The van der Waals surface area contributed by atoms with Crippen molar-refractivity contribution in [2.75, 3.05) is 0 Å². The molecule has 5 heteroatoms. The first-order valence-electron chi connectivity index (χ1n) is 11.5. The lowest BCUT2D eigenvalue weighted by Gasteiger charge is -2.47. The van der Waals surface area contributed by atoms with Gasteiger partial charge in [0.25, 0.3) is 0 Å². The van der Waals surface area contributed by atoms with E-state index in [-0.39, 0.29) is 36.5 Å². The Morgan fingerprint density at radius 3 is 2.69 bits per heavy atom. The molecule has 0 amide bonds. The summed E-state index contributed by atoms with van der Waals surface area (Å²) in [4.78, 5) is 24.2. The minimum atomic E-state index is -0.586. The number of rotatable bonds is 6. The van der Waals surface area contributed by atoms with Crippen LogP contribution in [-0.4, -0.2) is 35.4 Å². The van der Waals surface area contributed by atoms with Crippen LogP contribution in [0.3, 0.4) is 0 Å². The average molecular weight is 407 g/mol. The van der Waals surface area contributed by atoms with Crippen LogP contribution in [-0.2, 0) is 19.1 Å². The smallest absolute Gasteiger partial charge is 0.308 e. The van der Waals surface area contributed by atoms with Crippen LogP contribution in [0.5, 0.6) is 0 Å². The van der Waals surface area contributed by atoms with Crippen LogP contribution in [0.1, 0.15) is 72.6 Å². The van der Waals surface area contributed by atoms with E-state index in [0.29, 0.717) is 36.0 Å². The Morgan fingerprint density at radius 2 is 2.00 bits per heavy atom. The summed E-state index contributed by atoms with van der Waals surface area (Å²) in [5, 5.41) is 9.90. The summed E-state index contributed by atoms with van der Waals surface area (Å²) < 4.78 is 11.6. The highest BCUT2D eigenvalue weighted by atomic mass is 16.5. The number of carbonyl (C=O) groups excluding carboxylic acids is 2. The standard InChI is InChI=1S/C24H38O5/c1-5-15(3)24(27)29-21-11-14(2)10-17-7-6-16(4)20(23(17)21)9-8-19-12-18(25)13-22(26)28-19/h6-7,14-21,23,25H,5,8-13H2,1-4H3/t14-,15-,16-,17?,18+,19+,20-,21-,23+/m0/s1. The van der Waals surface area contributed by atoms with Crippen LogP contribution in [0, 0.1) is 35.5 Å². The fourth-order valence-corrected chi connectivity index (χ4v) is 5.59. The molecule has 29 heavy (non-hydrogen) atoms. The number of aliphatic hydroxyl groups excluding tert-OH is 1. The van der Waals surface area contributed by atoms with Crippen LogP contribution in [0.2, 0.25) is 0 Å².